The third-order valence-corrected chi connectivity index (χ3v) is 5.12. The van der Waals surface area contributed by atoms with Gasteiger partial charge in [0.1, 0.15) is 10.8 Å². The lowest BCUT2D eigenvalue weighted by Crippen LogP contribution is -2.28. The molecule has 0 saturated carbocycles. The predicted octanol–water partition coefficient (Wildman–Crippen LogP) is 3.88. The highest BCUT2D eigenvalue weighted by atomic mass is 35.5. The van der Waals surface area contributed by atoms with E-state index >= 15 is 0 Å². The van der Waals surface area contributed by atoms with Crippen LogP contribution in [0.4, 0.5) is 0 Å². The quantitative estimate of drug-likeness (QED) is 0.780. The Morgan fingerprint density at radius 1 is 1.19 bits per heavy atom. The Bertz CT molecular complexity index is 866. The second-order valence-corrected chi connectivity index (χ2v) is 7.12. The van der Waals surface area contributed by atoms with E-state index in [-0.39, 0.29) is 28.4 Å². The molecule has 1 fully saturated rings. The van der Waals surface area contributed by atoms with Gasteiger partial charge in [0.25, 0.3) is 5.56 Å². The average Bonchev–Trinajstić information content (AvgIpc) is 3.02. The first kappa shape index (κ1) is 18.8. The molecule has 0 radical (unpaired) electrons. The number of halogens is 2. The number of rotatable bonds is 6. The number of pyridine rings is 1. The maximum absolute atomic E-state index is 12.0. The van der Waals surface area contributed by atoms with Crippen LogP contribution in [0.25, 0.3) is 0 Å². The van der Waals surface area contributed by atoms with Gasteiger partial charge in [-0.1, -0.05) is 29.3 Å². The Balaban J connectivity index is 1.96. The molecule has 2 heterocycles. The number of nitrogens with one attached hydrogen (secondary N) is 2. The summed E-state index contributed by atoms with van der Waals surface area (Å²) >= 11 is 12.2. The summed E-state index contributed by atoms with van der Waals surface area (Å²) in [5, 5.41) is 3.64. The summed E-state index contributed by atoms with van der Waals surface area (Å²) < 4.78 is 5.50. The van der Waals surface area contributed by atoms with Gasteiger partial charge in [-0.05, 0) is 49.6 Å². The van der Waals surface area contributed by atoms with Gasteiger partial charge in [-0.3, -0.25) is 9.59 Å². The molecule has 1 aliphatic rings. The maximum atomic E-state index is 12.0. The molecule has 3 rings (SSSR count). The number of aromatic nitrogens is 1. The van der Waals surface area contributed by atoms with Crippen molar-refractivity contribution in [1.82, 2.24) is 10.3 Å². The minimum Gasteiger partial charge on any atom is -0.492 e. The van der Waals surface area contributed by atoms with Crippen molar-refractivity contribution >= 4 is 29.1 Å². The Morgan fingerprint density at radius 3 is 2.62 bits per heavy atom. The average molecular weight is 395 g/mol. The van der Waals surface area contributed by atoms with Gasteiger partial charge in [0.2, 0.25) is 5.91 Å². The zero-order chi connectivity index (χ0) is 18.7. The van der Waals surface area contributed by atoms with Crippen molar-refractivity contribution in [2.75, 3.05) is 6.61 Å². The molecular formula is C19H20Cl2N2O3. The monoisotopic (exact) mass is 394 g/mol. The van der Waals surface area contributed by atoms with E-state index < -0.39 is 0 Å². The summed E-state index contributed by atoms with van der Waals surface area (Å²) in [6.45, 7) is 2.43. The number of hydrogen-bond acceptors (Lipinski definition) is 3. The summed E-state index contributed by atoms with van der Waals surface area (Å²) in [6.07, 6.45) is 1.96. The van der Waals surface area contributed by atoms with Crippen molar-refractivity contribution in [2.24, 2.45) is 0 Å². The van der Waals surface area contributed by atoms with Crippen molar-refractivity contribution in [2.45, 2.75) is 38.1 Å². The molecule has 7 heteroatoms. The molecule has 1 aromatic heterocycles. The number of amides is 1. The highest BCUT2D eigenvalue weighted by molar-refractivity contribution is 6.32. The summed E-state index contributed by atoms with van der Waals surface area (Å²) in [5.41, 5.74) is 1.35. The summed E-state index contributed by atoms with van der Waals surface area (Å²) in [5.74, 6) is 0.551. The Labute approximate surface area is 161 Å². The smallest absolute Gasteiger partial charge is 0.266 e. The van der Waals surface area contributed by atoms with E-state index in [4.69, 9.17) is 27.9 Å². The molecule has 1 aromatic carbocycles. The van der Waals surface area contributed by atoms with E-state index in [9.17, 15) is 9.59 Å². The molecule has 0 aliphatic carbocycles. The highest BCUT2D eigenvalue weighted by Crippen LogP contribution is 2.34. The molecule has 2 atom stereocenters. The molecule has 0 bridgehead atoms. The summed E-state index contributed by atoms with van der Waals surface area (Å²) in [7, 11) is 0. The molecule has 26 heavy (non-hydrogen) atoms. The van der Waals surface area contributed by atoms with Crippen LogP contribution >= 0.6 is 23.2 Å². The number of H-pyrrole nitrogens is 1. The molecule has 1 saturated heterocycles. The van der Waals surface area contributed by atoms with Gasteiger partial charge >= 0.3 is 0 Å². The highest BCUT2D eigenvalue weighted by Gasteiger charge is 2.27. The van der Waals surface area contributed by atoms with Gasteiger partial charge in [-0.2, -0.15) is 0 Å². The first-order valence-corrected chi connectivity index (χ1v) is 9.34. The predicted molar refractivity (Wildman–Crippen MR) is 102 cm³/mol. The fraction of sp³-hybridized carbons (Fsp3) is 0.368. The van der Waals surface area contributed by atoms with Crippen LogP contribution < -0.4 is 15.6 Å². The maximum Gasteiger partial charge on any atom is 0.266 e. The lowest BCUT2D eigenvalue weighted by Gasteiger charge is -2.22. The molecule has 2 N–H and O–H groups in total. The second-order valence-electron chi connectivity index (χ2n) is 6.31. The lowest BCUT2D eigenvalue weighted by molar-refractivity contribution is -0.119. The fourth-order valence-electron chi connectivity index (χ4n) is 3.26. The standard InChI is InChI=1S/C19H20Cl2N2O3/c1-2-26-17-7-3-11(9-15(17)21)13(10-12-4-8-18(24)22-12)16-6-5-14(20)19(25)23-16/h3,5-7,9,12-13H,2,4,8,10H2,1H3,(H,22,24)(H,23,25). The van der Waals surface area contributed by atoms with Crippen LogP contribution in [0.5, 0.6) is 5.75 Å². The molecular weight excluding hydrogens is 375 g/mol. The summed E-state index contributed by atoms with van der Waals surface area (Å²) in [4.78, 5) is 26.4. The van der Waals surface area contributed by atoms with Gasteiger partial charge < -0.3 is 15.0 Å². The number of carbonyl (C=O) groups excluding carboxylic acids is 1. The van der Waals surface area contributed by atoms with E-state index in [0.29, 0.717) is 30.2 Å². The van der Waals surface area contributed by atoms with Crippen LogP contribution in [0, 0.1) is 0 Å². The number of ether oxygens (including phenoxy) is 1. The van der Waals surface area contributed by atoms with Crippen molar-refractivity contribution in [3.63, 3.8) is 0 Å². The van der Waals surface area contributed by atoms with E-state index in [0.717, 1.165) is 17.7 Å². The Kier molecular flexibility index (Phi) is 5.89. The van der Waals surface area contributed by atoms with Crippen LogP contribution in [-0.4, -0.2) is 23.5 Å². The normalized spacial score (nSPS) is 17.8. The molecule has 1 aliphatic heterocycles. The van der Waals surface area contributed by atoms with E-state index in [1.807, 2.05) is 25.1 Å². The minimum atomic E-state index is -0.332. The first-order valence-electron chi connectivity index (χ1n) is 8.58. The third kappa shape index (κ3) is 4.22. The Hall–Kier alpha value is -1.98. The summed E-state index contributed by atoms with van der Waals surface area (Å²) in [6, 6.07) is 9.06. The number of aromatic amines is 1. The SMILES string of the molecule is CCOc1ccc(C(CC2CCC(=O)N2)c2ccc(Cl)c(=O)[nH]2)cc1Cl. The molecule has 2 unspecified atom stereocenters. The van der Waals surface area contributed by atoms with Gasteiger partial charge in [-0.25, -0.2) is 0 Å². The van der Waals surface area contributed by atoms with Gasteiger partial charge in [0, 0.05) is 24.1 Å². The van der Waals surface area contributed by atoms with E-state index in [1.165, 1.54) is 0 Å². The van der Waals surface area contributed by atoms with Crippen LogP contribution in [0.1, 0.15) is 43.4 Å². The number of benzene rings is 1. The van der Waals surface area contributed by atoms with Crippen LogP contribution in [-0.2, 0) is 4.79 Å². The molecule has 5 nitrogen and oxygen atoms in total. The molecule has 0 spiro atoms. The minimum absolute atomic E-state index is 0.0528. The largest absolute Gasteiger partial charge is 0.492 e. The lowest BCUT2D eigenvalue weighted by atomic mass is 9.88. The van der Waals surface area contributed by atoms with E-state index in [1.54, 1.807) is 12.1 Å². The molecule has 2 aromatic rings. The van der Waals surface area contributed by atoms with Crippen LogP contribution in [0.2, 0.25) is 10.0 Å². The first-order chi connectivity index (χ1) is 12.5. The molecule has 1 amide bonds. The van der Waals surface area contributed by atoms with Crippen molar-refractivity contribution in [1.29, 1.82) is 0 Å². The number of hydrogen-bond donors (Lipinski definition) is 2. The van der Waals surface area contributed by atoms with Crippen molar-refractivity contribution < 1.29 is 9.53 Å². The fourth-order valence-corrected chi connectivity index (χ4v) is 3.62. The van der Waals surface area contributed by atoms with Gasteiger partial charge in [0.05, 0.1) is 11.6 Å². The number of carbonyl (C=O) groups is 1. The van der Waals surface area contributed by atoms with E-state index in [2.05, 4.69) is 10.3 Å². The Morgan fingerprint density at radius 2 is 2.00 bits per heavy atom. The van der Waals surface area contributed by atoms with Crippen molar-refractivity contribution in [3.8, 4) is 5.75 Å². The second kappa shape index (κ2) is 8.14. The van der Waals surface area contributed by atoms with Gasteiger partial charge in [-0.15, -0.1) is 0 Å². The zero-order valence-corrected chi connectivity index (χ0v) is 15.9. The molecule has 138 valence electrons. The van der Waals surface area contributed by atoms with Gasteiger partial charge in [0.15, 0.2) is 0 Å². The van der Waals surface area contributed by atoms with Crippen LogP contribution in [0.15, 0.2) is 35.1 Å². The zero-order valence-electron chi connectivity index (χ0n) is 14.4. The topological polar surface area (TPSA) is 71.2 Å². The van der Waals surface area contributed by atoms with Crippen LogP contribution in [0.3, 0.4) is 0 Å². The van der Waals surface area contributed by atoms with Crippen molar-refractivity contribution in [3.05, 3.63) is 62.0 Å². The third-order valence-electron chi connectivity index (χ3n) is 4.52.